The summed E-state index contributed by atoms with van der Waals surface area (Å²) in [7, 11) is 1.66. The van der Waals surface area contributed by atoms with Crippen molar-refractivity contribution < 1.29 is 9.53 Å². The Morgan fingerprint density at radius 3 is 2.65 bits per heavy atom. The number of amides is 1. The number of aryl methyl sites for hydroxylation is 2. The molecule has 2 rings (SSSR count). The topological polar surface area (TPSA) is 64.1 Å². The number of ether oxygens (including phenoxy) is 1. The molecule has 1 heterocycles. The molecule has 5 nitrogen and oxygen atoms in total. The fourth-order valence-electron chi connectivity index (χ4n) is 2.24. The Bertz CT molecular complexity index is 625. The van der Waals surface area contributed by atoms with E-state index in [1.165, 1.54) is 16.9 Å². The van der Waals surface area contributed by atoms with Gasteiger partial charge >= 0.3 is 0 Å². The van der Waals surface area contributed by atoms with Gasteiger partial charge in [-0.2, -0.15) is 0 Å². The maximum atomic E-state index is 12.0. The third-order valence-corrected chi connectivity index (χ3v) is 4.55. The van der Waals surface area contributed by atoms with Gasteiger partial charge in [-0.3, -0.25) is 4.79 Å². The number of carbonyl (C=O) groups is 1. The summed E-state index contributed by atoms with van der Waals surface area (Å²) in [6, 6.07) is 8.01. The highest BCUT2D eigenvalue weighted by Gasteiger charge is 2.14. The fourth-order valence-corrected chi connectivity index (χ4v) is 2.98. The van der Waals surface area contributed by atoms with E-state index in [-0.39, 0.29) is 11.8 Å². The first kappa shape index (κ1) is 17.4. The van der Waals surface area contributed by atoms with E-state index in [9.17, 15) is 4.79 Å². The van der Waals surface area contributed by atoms with Crippen LogP contribution in [-0.4, -0.2) is 23.2 Å². The number of nitrogens with zero attached hydrogens (tertiary/aromatic N) is 2. The molecule has 0 radical (unpaired) electrons. The highest BCUT2D eigenvalue weighted by atomic mass is 32.1. The quantitative estimate of drug-likeness (QED) is 0.800. The van der Waals surface area contributed by atoms with Crippen LogP contribution in [0.25, 0.3) is 0 Å². The van der Waals surface area contributed by atoms with Crippen molar-refractivity contribution in [2.45, 2.75) is 39.5 Å². The van der Waals surface area contributed by atoms with Crippen molar-refractivity contribution in [2.75, 3.05) is 12.4 Å². The number of anilines is 1. The molecule has 124 valence electrons. The number of benzene rings is 1. The van der Waals surface area contributed by atoms with Crippen LogP contribution in [0.4, 0.5) is 5.13 Å². The van der Waals surface area contributed by atoms with Crippen molar-refractivity contribution in [1.29, 1.82) is 0 Å². The predicted molar refractivity (Wildman–Crippen MR) is 93.0 cm³/mol. The molecular weight excluding hydrogens is 310 g/mol. The summed E-state index contributed by atoms with van der Waals surface area (Å²) in [6.45, 7) is 4.01. The van der Waals surface area contributed by atoms with Crippen LogP contribution in [0.2, 0.25) is 0 Å². The molecule has 2 aromatic rings. The van der Waals surface area contributed by atoms with E-state index >= 15 is 0 Å². The van der Waals surface area contributed by atoms with Gasteiger partial charge in [-0.05, 0) is 30.5 Å². The van der Waals surface area contributed by atoms with Gasteiger partial charge in [0.25, 0.3) is 0 Å². The maximum Gasteiger partial charge on any atom is 0.229 e. The minimum Gasteiger partial charge on any atom is -0.497 e. The van der Waals surface area contributed by atoms with E-state index in [2.05, 4.69) is 34.6 Å². The van der Waals surface area contributed by atoms with Crippen LogP contribution < -0.4 is 10.1 Å². The second-order valence-electron chi connectivity index (χ2n) is 5.53. The number of aromatic nitrogens is 2. The van der Waals surface area contributed by atoms with Crippen molar-refractivity contribution in [3.05, 3.63) is 34.8 Å². The lowest BCUT2D eigenvalue weighted by molar-refractivity contribution is -0.119. The summed E-state index contributed by atoms with van der Waals surface area (Å²) in [5, 5.41) is 12.6. The highest BCUT2D eigenvalue weighted by Crippen LogP contribution is 2.19. The first-order valence-corrected chi connectivity index (χ1v) is 8.70. The lowest BCUT2D eigenvalue weighted by Crippen LogP contribution is -2.20. The Morgan fingerprint density at radius 1 is 1.26 bits per heavy atom. The van der Waals surface area contributed by atoms with Gasteiger partial charge in [0.15, 0.2) is 0 Å². The van der Waals surface area contributed by atoms with E-state index in [4.69, 9.17) is 4.74 Å². The molecule has 0 aliphatic rings. The van der Waals surface area contributed by atoms with Crippen LogP contribution in [0.1, 0.15) is 37.3 Å². The number of hydrogen-bond donors (Lipinski definition) is 1. The number of methoxy groups -OCH3 is 1. The Labute approximate surface area is 141 Å². The smallest absolute Gasteiger partial charge is 0.229 e. The third kappa shape index (κ3) is 5.32. The summed E-state index contributed by atoms with van der Waals surface area (Å²) >= 11 is 1.44. The summed E-state index contributed by atoms with van der Waals surface area (Å²) in [5.41, 5.74) is 1.23. The van der Waals surface area contributed by atoms with Gasteiger partial charge < -0.3 is 10.1 Å². The molecule has 0 spiro atoms. The van der Waals surface area contributed by atoms with Gasteiger partial charge in [-0.15, -0.1) is 10.2 Å². The average Bonchev–Trinajstić information content (AvgIpc) is 3.01. The van der Waals surface area contributed by atoms with Crippen LogP contribution in [0.3, 0.4) is 0 Å². The highest BCUT2D eigenvalue weighted by molar-refractivity contribution is 7.15. The molecule has 0 fully saturated rings. The zero-order valence-corrected chi connectivity index (χ0v) is 14.7. The minimum absolute atomic E-state index is 0.00616. The average molecular weight is 333 g/mol. The lowest BCUT2D eigenvalue weighted by Gasteiger charge is -2.07. The molecule has 0 unspecified atom stereocenters. The molecule has 0 aliphatic heterocycles. The summed E-state index contributed by atoms with van der Waals surface area (Å²) < 4.78 is 5.15. The number of rotatable bonds is 8. The molecule has 23 heavy (non-hydrogen) atoms. The van der Waals surface area contributed by atoms with Crippen molar-refractivity contribution >= 4 is 22.4 Å². The van der Waals surface area contributed by atoms with Gasteiger partial charge in [0.05, 0.1) is 7.11 Å². The SMILES string of the molecule is CCC[C@@H](C)C(=O)Nc1nnc(CCc2ccc(OC)cc2)s1. The standard InChI is InChI=1S/C17H23N3O2S/c1-4-5-12(2)16(21)18-17-20-19-15(23-17)11-8-13-6-9-14(22-3)10-7-13/h6-7,9-10,12H,4-5,8,11H2,1-3H3,(H,18,20,21)/t12-/m1/s1. The fraction of sp³-hybridized carbons (Fsp3) is 0.471. The van der Waals surface area contributed by atoms with Crippen molar-refractivity contribution in [2.24, 2.45) is 5.92 Å². The van der Waals surface area contributed by atoms with E-state index in [1.54, 1.807) is 7.11 Å². The van der Waals surface area contributed by atoms with Gasteiger partial charge in [0.1, 0.15) is 10.8 Å². The predicted octanol–water partition coefficient (Wildman–Crippen LogP) is 3.71. The molecule has 0 aliphatic carbocycles. The Balaban J connectivity index is 1.85. The Kier molecular flexibility index (Phi) is 6.52. The largest absolute Gasteiger partial charge is 0.497 e. The molecule has 1 aromatic carbocycles. The number of carbonyl (C=O) groups excluding carboxylic acids is 1. The van der Waals surface area contributed by atoms with Gasteiger partial charge in [-0.1, -0.05) is 43.7 Å². The van der Waals surface area contributed by atoms with Crippen LogP contribution in [0, 0.1) is 5.92 Å². The second kappa shape index (κ2) is 8.62. The monoisotopic (exact) mass is 333 g/mol. The van der Waals surface area contributed by atoms with Gasteiger partial charge in [0, 0.05) is 12.3 Å². The third-order valence-electron chi connectivity index (χ3n) is 3.65. The molecule has 0 bridgehead atoms. The van der Waals surface area contributed by atoms with Crippen LogP contribution in [0.5, 0.6) is 5.75 Å². The first-order valence-electron chi connectivity index (χ1n) is 7.88. The van der Waals surface area contributed by atoms with E-state index in [1.807, 2.05) is 19.1 Å². The summed E-state index contributed by atoms with van der Waals surface area (Å²) in [6.07, 6.45) is 3.58. The molecule has 0 saturated heterocycles. The number of nitrogens with one attached hydrogen (secondary N) is 1. The van der Waals surface area contributed by atoms with Gasteiger partial charge in [0.2, 0.25) is 11.0 Å². The molecule has 1 aromatic heterocycles. The normalized spacial score (nSPS) is 12.0. The van der Waals surface area contributed by atoms with Crippen molar-refractivity contribution in [1.82, 2.24) is 10.2 Å². The molecule has 1 atom stereocenters. The second-order valence-corrected chi connectivity index (χ2v) is 6.59. The number of hydrogen-bond acceptors (Lipinski definition) is 5. The summed E-state index contributed by atoms with van der Waals surface area (Å²) in [5.74, 6) is 0.882. The molecular formula is C17H23N3O2S. The van der Waals surface area contributed by atoms with Crippen LogP contribution in [-0.2, 0) is 17.6 Å². The molecule has 0 saturated carbocycles. The first-order chi connectivity index (χ1) is 11.1. The zero-order chi connectivity index (χ0) is 16.7. The van der Waals surface area contributed by atoms with Crippen molar-refractivity contribution in [3.63, 3.8) is 0 Å². The molecule has 6 heteroatoms. The molecule has 1 N–H and O–H groups in total. The van der Waals surface area contributed by atoms with E-state index in [0.29, 0.717) is 5.13 Å². The zero-order valence-electron chi connectivity index (χ0n) is 13.8. The van der Waals surface area contributed by atoms with E-state index in [0.717, 1.165) is 36.4 Å². The summed E-state index contributed by atoms with van der Waals surface area (Å²) in [4.78, 5) is 12.0. The van der Waals surface area contributed by atoms with Gasteiger partial charge in [-0.25, -0.2) is 0 Å². The minimum atomic E-state index is 0.00616. The van der Waals surface area contributed by atoms with E-state index < -0.39 is 0 Å². The Morgan fingerprint density at radius 2 is 2.00 bits per heavy atom. The van der Waals surface area contributed by atoms with Crippen molar-refractivity contribution in [3.8, 4) is 5.75 Å². The molecule has 1 amide bonds. The maximum absolute atomic E-state index is 12.0. The van der Waals surface area contributed by atoms with Crippen LogP contribution in [0.15, 0.2) is 24.3 Å². The van der Waals surface area contributed by atoms with Crippen LogP contribution >= 0.6 is 11.3 Å². The Hall–Kier alpha value is -1.95. The lowest BCUT2D eigenvalue weighted by atomic mass is 10.1.